The number of carbonyl (C=O) groups excluding carboxylic acids is 1. The van der Waals surface area contributed by atoms with Gasteiger partial charge in [-0.05, 0) is 38.5 Å². The number of amides is 1. The van der Waals surface area contributed by atoms with Crippen molar-refractivity contribution in [2.75, 3.05) is 19.8 Å². The van der Waals surface area contributed by atoms with Crippen LogP contribution in [0.3, 0.4) is 0 Å². The molecule has 1 N–H and O–H groups in total. The van der Waals surface area contributed by atoms with Crippen LogP contribution in [0.15, 0.2) is 30.9 Å². The molecular weight excluding hydrogens is 313 g/mol. The first-order valence-electron chi connectivity index (χ1n) is 7.91. The van der Waals surface area contributed by atoms with E-state index in [4.69, 9.17) is 14.2 Å². The summed E-state index contributed by atoms with van der Waals surface area (Å²) in [4.78, 5) is 11.8. The predicted molar refractivity (Wildman–Crippen MR) is 88.8 cm³/mol. The molecule has 24 heavy (non-hydrogen) atoms. The minimum atomic E-state index is -0.569. The number of nitrogens with one attached hydrogen (secondary N) is 1. The van der Waals surface area contributed by atoms with E-state index in [1.807, 2.05) is 0 Å². The van der Waals surface area contributed by atoms with Gasteiger partial charge in [-0.1, -0.05) is 12.7 Å². The van der Waals surface area contributed by atoms with Gasteiger partial charge in [-0.25, -0.2) is 9.18 Å². The molecule has 2 unspecified atom stereocenters. The lowest BCUT2D eigenvalue weighted by molar-refractivity contribution is 0.0523. The second kappa shape index (κ2) is 7.66. The van der Waals surface area contributed by atoms with E-state index in [0.29, 0.717) is 31.1 Å². The number of ether oxygens (including phenoxy) is 3. The number of halogens is 1. The predicted octanol–water partition coefficient (Wildman–Crippen LogP) is 3.40. The fourth-order valence-electron chi connectivity index (χ4n) is 2.30. The highest BCUT2D eigenvalue weighted by molar-refractivity contribution is 5.67. The molecule has 1 aliphatic heterocycles. The summed E-state index contributed by atoms with van der Waals surface area (Å²) >= 11 is 0. The van der Waals surface area contributed by atoms with Crippen LogP contribution in [0.2, 0.25) is 0 Å². The number of benzene rings is 1. The first kappa shape index (κ1) is 18.3. The SMILES string of the molecule is C=CCOc1cc(F)cc(C(CNC(=O)OC(C)(C)C)C2CO2)c1. The van der Waals surface area contributed by atoms with Gasteiger partial charge in [0.2, 0.25) is 0 Å². The van der Waals surface area contributed by atoms with Gasteiger partial charge in [-0.15, -0.1) is 0 Å². The van der Waals surface area contributed by atoms with E-state index >= 15 is 0 Å². The Morgan fingerprint density at radius 3 is 2.79 bits per heavy atom. The maximum atomic E-state index is 13.9. The summed E-state index contributed by atoms with van der Waals surface area (Å²) in [5, 5.41) is 2.72. The smallest absolute Gasteiger partial charge is 0.407 e. The Morgan fingerprint density at radius 1 is 1.50 bits per heavy atom. The van der Waals surface area contributed by atoms with E-state index in [2.05, 4.69) is 11.9 Å². The Bertz CT molecular complexity index is 593. The van der Waals surface area contributed by atoms with Crippen molar-refractivity contribution in [2.24, 2.45) is 0 Å². The molecule has 5 nitrogen and oxygen atoms in total. The molecule has 1 aromatic carbocycles. The largest absolute Gasteiger partial charge is 0.489 e. The lowest BCUT2D eigenvalue weighted by Gasteiger charge is -2.22. The van der Waals surface area contributed by atoms with Gasteiger partial charge in [0, 0.05) is 18.5 Å². The third kappa shape index (κ3) is 5.85. The fourth-order valence-corrected chi connectivity index (χ4v) is 2.30. The summed E-state index contributed by atoms with van der Waals surface area (Å²) in [5.41, 5.74) is 0.146. The van der Waals surface area contributed by atoms with Crippen LogP contribution in [0, 0.1) is 5.82 Å². The van der Waals surface area contributed by atoms with Gasteiger partial charge in [0.05, 0.1) is 12.7 Å². The first-order chi connectivity index (χ1) is 11.3. The molecule has 0 aromatic heterocycles. The quantitative estimate of drug-likeness (QED) is 0.612. The minimum Gasteiger partial charge on any atom is -0.489 e. The highest BCUT2D eigenvalue weighted by atomic mass is 19.1. The van der Waals surface area contributed by atoms with E-state index in [0.717, 1.165) is 0 Å². The van der Waals surface area contributed by atoms with Crippen LogP contribution in [0.5, 0.6) is 5.75 Å². The molecule has 6 heteroatoms. The molecule has 1 fully saturated rings. The Hall–Kier alpha value is -2.08. The average Bonchev–Trinajstić information content (AvgIpc) is 3.27. The Kier molecular flexibility index (Phi) is 5.83. The van der Waals surface area contributed by atoms with Crippen LogP contribution < -0.4 is 10.1 Å². The molecule has 2 rings (SSSR count). The molecule has 1 saturated heterocycles. The zero-order chi connectivity index (χ0) is 17.7. The second-order valence-corrected chi connectivity index (χ2v) is 6.68. The number of epoxide rings is 1. The van der Waals surface area contributed by atoms with Crippen molar-refractivity contribution in [3.8, 4) is 5.75 Å². The number of carbonyl (C=O) groups is 1. The maximum Gasteiger partial charge on any atom is 0.407 e. The second-order valence-electron chi connectivity index (χ2n) is 6.68. The maximum absolute atomic E-state index is 13.9. The van der Waals surface area contributed by atoms with Gasteiger partial charge in [-0.3, -0.25) is 0 Å². The van der Waals surface area contributed by atoms with Crippen LogP contribution >= 0.6 is 0 Å². The van der Waals surface area contributed by atoms with Crippen LogP contribution in [0.25, 0.3) is 0 Å². The topological polar surface area (TPSA) is 60.1 Å². The molecule has 1 amide bonds. The third-order valence-corrected chi connectivity index (χ3v) is 3.36. The summed E-state index contributed by atoms with van der Waals surface area (Å²) in [6, 6.07) is 4.51. The average molecular weight is 337 g/mol. The summed E-state index contributed by atoms with van der Waals surface area (Å²) in [7, 11) is 0. The van der Waals surface area contributed by atoms with Crippen molar-refractivity contribution in [3.05, 3.63) is 42.2 Å². The van der Waals surface area contributed by atoms with E-state index in [9.17, 15) is 9.18 Å². The highest BCUT2D eigenvalue weighted by Gasteiger charge is 2.35. The zero-order valence-corrected chi connectivity index (χ0v) is 14.3. The molecule has 1 aliphatic rings. The molecule has 1 heterocycles. The Labute approximate surface area is 141 Å². The van der Waals surface area contributed by atoms with Crippen molar-refractivity contribution >= 4 is 6.09 Å². The number of hydrogen-bond donors (Lipinski definition) is 1. The van der Waals surface area contributed by atoms with Crippen LogP contribution in [-0.2, 0) is 9.47 Å². The summed E-state index contributed by atoms with van der Waals surface area (Å²) in [6.07, 6.45) is 1.04. The van der Waals surface area contributed by atoms with Crippen LogP contribution in [-0.4, -0.2) is 37.6 Å². The third-order valence-electron chi connectivity index (χ3n) is 3.36. The molecule has 0 saturated carbocycles. The van der Waals surface area contributed by atoms with Gasteiger partial charge in [0.1, 0.15) is 23.8 Å². The number of hydrogen-bond acceptors (Lipinski definition) is 4. The lowest BCUT2D eigenvalue weighted by Crippen LogP contribution is -2.35. The summed E-state index contributed by atoms with van der Waals surface area (Å²) < 4.78 is 29.8. The van der Waals surface area contributed by atoms with Crippen molar-refractivity contribution in [2.45, 2.75) is 38.4 Å². The van der Waals surface area contributed by atoms with Crippen molar-refractivity contribution < 1.29 is 23.4 Å². The van der Waals surface area contributed by atoms with Gasteiger partial charge in [-0.2, -0.15) is 0 Å². The van der Waals surface area contributed by atoms with E-state index in [1.54, 1.807) is 32.9 Å². The molecule has 1 aromatic rings. The highest BCUT2D eigenvalue weighted by Crippen LogP contribution is 2.32. The van der Waals surface area contributed by atoms with Gasteiger partial charge in [0.15, 0.2) is 0 Å². The van der Waals surface area contributed by atoms with Crippen LogP contribution in [0.4, 0.5) is 9.18 Å². The Morgan fingerprint density at radius 2 is 2.21 bits per heavy atom. The van der Waals surface area contributed by atoms with E-state index in [1.165, 1.54) is 12.1 Å². The van der Waals surface area contributed by atoms with Crippen molar-refractivity contribution in [1.29, 1.82) is 0 Å². The summed E-state index contributed by atoms with van der Waals surface area (Å²) in [6.45, 7) is 10.1. The fraction of sp³-hybridized carbons (Fsp3) is 0.500. The molecule has 132 valence electrons. The van der Waals surface area contributed by atoms with Gasteiger partial charge >= 0.3 is 6.09 Å². The lowest BCUT2D eigenvalue weighted by atomic mass is 9.95. The van der Waals surface area contributed by atoms with Crippen LogP contribution in [0.1, 0.15) is 32.3 Å². The molecule has 0 spiro atoms. The molecule has 0 bridgehead atoms. The molecular formula is C18H24FNO4. The summed E-state index contributed by atoms with van der Waals surface area (Å²) in [5.74, 6) is -0.137. The zero-order valence-electron chi connectivity index (χ0n) is 14.3. The number of rotatable bonds is 7. The van der Waals surface area contributed by atoms with E-state index < -0.39 is 17.5 Å². The van der Waals surface area contributed by atoms with Gasteiger partial charge < -0.3 is 19.5 Å². The monoisotopic (exact) mass is 337 g/mol. The van der Waals surface area contributed by atoms with Gasteiger partial charge in [0.25, 0.3) is 0 Å². The minimum absolute atomic E-state index is 0.0472. The van der Waals surface area contributed by atoms with E-state index in [-0.39, 0.29) is 12.0 Å². The first-order valence-corrected chi connectivity index (χ1v) is 7.91. The molecule has 2 atom stereocenters. The van der Waals surface area contributed by atoms with Crippen molar-refractivity contribution in [3.63, 3.8) is 0 Å². The molecule has 0 aliphatic carbocycles. The Balaban J connectivity index is 2.06. The standard InChI is InChI=1S/C18H24FNO4/c1-5-6-22-14-8-12(7-13(19)9-14)15(16-11-23-16)10-20-17(21)24-18(2,3)4/h5,7-9,15-16H,1,6,10-11H2,2-4H3,(H,20,21). The molecule has 0 radical (unpaired) electrons. The van der Waals surface area contributed by atoms with Crippen molar-refractivity contribution in [1.82, 2.24) is 5.32 Å². The normalized spacial score (nSPS) is 17.8. The number of alkyl carbamates (subject to hydrolysis) is 1.